The third-order valence-corrected chi connectivity index (χ3v) is 6.28. The number of rotatable bonds is 5. The average molecular weight is 441 g/mol. The number of hydrogen-bond donors (Lipinski definition) is 1. The van der Waals surface area contributed by atoms with Crippen LogP contribution in [0.3, 0.4) is 0 Å². The fourth-order valence-corrected chi connectivity index (χ4v) is 4.71. The van der Waals surface area contributed by atoms with Crippen molar-refractivity contribution in [1.82, 2.24) is 15.3 Å². The zero-order valence-corrected chi connectivity index (χ0v) is 18.6. The first-order chi connectivity index (χ1) is 14.9. The van der Waals surface area contributed by atoms with Crippen LogP contribution in [-0.4, -0.2) is 41.2 Å². The number of carbonyl (C=O) groups is 1. The van der Waals surface area contributed by atoms with Gasteiger partial charge in [-0.2, -0.15) is 0 Å². The first kappa shape index (κ1) is 21.4. The molecule has 1 saturated heterocycles. The molecule has 0 spiro atoms. The topological polar surface area (TPSA) is 67.3 Å². The van der Waals surface area contributed by atoms with Gasteiger partial charge in [-0.05, 0) is 51.1 Å². The largest absolute Gasteiger partial charge is 0.372 e. The van der Waals surface area contributed by atoms with E-state index in [9.17, 15) is 9.18 Å². The molecule has 1 amide bonds. The van der Waals surface area contributed by atoms with E-state index >= 15 is 0 Å². The number of nitrogens with zero attached hydrogens (tertiary/aromatic N) is 3. The van der Waals surface area contributed by atoms with Crippen LogP contribution < -0.4 is 10.2 Å². The van der Waals surface area contributed by atoms with Gasteiger partial charge >= 0.3 is 0 Å². The lowest BCUT2D eigenvalue weighted by atomic mass is 10.2. The quantitative estimate of drug-likeness (QED) is 0.644. The van der Waals surface area contributed by atoms with E-state index in [-0.39, 0.29) is 30.5 Å². The van der Waals surface area contributed by atoms with E-state index in [0.717, 1.165) is 40.0 Å². The van der Waals surface area contributed by atoms with Crippen molar-refractivity contribution in [2.75, 3.05) is 18.0 Å². The summed E-state index contributed by atoms with van der Waals surface area (Å²) in [5, 5.41) is 3.82. The number of anilines is 1. The number of halogens is 1. The summed E-state index contributed by atoms with van der Waals surface area (Å²) in [7, 11) is 0. The van der Waals surface area contributed by atoms with Crippen LogP contribution in [0.25, 0.3) is 10.4 Å². The van der Waals surface area contributed by atoms with Crippen molar-refractivity contribution < 1.29 is 13.9 Å². The zero-order chi connectivity index (χ0) is 22.0. The molecule has 0 aliphatic carbocycles. The van der Waals surface area contributed by atoms with E-state index in [0.29, 0.717) is 5.56 Å². The van der Waals surface area contributed by atoms with Crippen LogP contribution in [0.2, 0.25) is 0 Å². The van der Waals surface area contributed by atoms with Crippen LogP contribution in [0.15, 0.2) is 42.6 Å². The molecule has 162 valence electrons. The predicted octanol–water partition coefficient (Wildman–Crippen LogP) is 4.20. The highest BCUT2D eigenvalue weighted by Crippen LogP contribution is 2.36. The molecule has 0 saturated carbocycles. The summed E-state index contributed by atoms with van der Waals surface area (Å²) >= 11 is 1.60. The van der Waals surface area contributed by atoms with Gasteiger partial charge in [-0.3, -0.25) is 9.78 Å². The summed E-state index contributed by atoms with van der Waals surface area (Å²) in [5.41, 5.74) is 3.10. The Morgan fingerprint density at radius 3 is 2.55 bits per heavy atom. The van der Waals surface area contributed by atoms with Gasteiger partial charge in [0.2, 0.25) is 0 Å². The van der Waals surface area contributed by atoms with Gasteiger partial charge in [0, 0.05) is 36.1 Å². The van der Waals surface area contributed by atoms with Crippen LogP contribution in [0.1, 0.15) is 35.6 Å². The van der Waals surface area contributed by atoms with Crippen LogP contribution in [0.5, 0.6) is 0 Å². The van der Waals surface area contributed by atoms with Gasteiger partial charge < -0.3 is 15.0 Å². The van der Waals surface area contributed by atoms with Crippen LogP contribution in [-0.2, 0) is 11.3 Å². The molecule has 1 fully saturated rings. The maximum absolute atomic E-state index is 13.1. The van der Waals surface area contributed by atoms with Gasteiger partial charge in [0.1, 0.15) is 5.82 Å². The Bertz CT molecular complexity index is 1040. The third kappa shape index (κ3) is 5.08. The smallest absolute Gasteiger partial charge is 0.251 e. The van der Waals surface area contributed by atoms with Crippen molar-refractivity contribution in [2.45, 2.75) is 39.5 Å². The first-order valence-electron chi connectivity index (χ1n) is 10.3. The van der Waals surface area contributed by atoms with Gasteiger partial charge in [0.05, 0.1) is 29.3 Å². The molecule has 1 aromatic carbocycles. The lowest BCUT2D eigenvalue weighted by Crippen LogP contribution is -2.45. The molecular weight excluding hydrogens is 415 g/mol. The summed E-state index contributed by atoms with van der Waals surface area (Å²) in [5.74, 6) is -0.639. The molecule has 0 radical (unpaired) electrons. The van der Waals surface area contributed by atoms with Crippen LogP contribution in [0, 0.1) is 12.7 Å². The second kappa shape index (κ2) is 9.11. The highest BCUT2D eigenvalue weighted by atomic mass is 32.1. The number of pyridine rings is 1. The zero-order valence-electron chi connectivity index (χ0n) is 17.8. The molecule has 4 rings (SSSR count). The highest BCUT2D eigenvalue weighted by molar-refractivity contribution is 7.19. The SMILES string of the molecule is Cc1ccc(-c2sc(N3C[C@@H](C)O[C@@H](C)C3)nc2CNC(=O)c2ccc(F)cc2)cn1. The van der Waals surface area contributed by atoms with E-state index in [1.54, 1.807) is 11.3 Å². The molecule has 1 N–H and O–H groups in total. The number of aryl methyl sites for hydroxylation is 1. The van der Waals surface area contributed by atoms with Gasteiger partial charge in [-0.1, -0.05) is 17.4 Å². The molecule has 0 unspecified atom stereocenters. The summed E-state index contributed by atoms with van der Waals surface area (Å²) in [6, 6.07) is 9.49. The number of ether oxygens (including phenoxy) is 1. The fourth-order valence-electron chi connectivity index (χ4n) is 3.62. The Morgan fingerprint density at radius 2 is 1.90 bits per heavy atom. The van der Waals surface area contributed by atoms with Gasteiger partial charge in [0.25, 0.3) is 5.91 Å². The first-order valence-corrected chi connectivity index (χ1v) is 11.1. The van der Waals surface area contributed by atoms with E-state index in [2.05, 4.69) is 29.0 Å². The van der Waals surface area contributed by atoms with Crippen molar-refractivity contribution >= 4 is 22.4 Å². The van der Waals surface area contributed by atoms with Gasteiger partial charge in [0.15, 0.2) is 5.13 Å². The third-order valence-electron chi connectivity index (χ3n) is 5.07. The Hall–Kier alpha value is -2.84. The van der Waals surface area contributed by atoms with Gasteiger partial charge in [-0.15, -0.1) is 0 Å². The van der Waals surface area contributed by atoms with Crippen molar-refractivity contribution in [1.29, 1.82) is 0 Å². The molecule has 2 aromatic heterocycles. The fraction of sp³-hybridized carbons (Fsp3) is 0.348. The number of benzene rings is 1. The van der Waals surface area contributed by atoms with E-state index < -0.39 is 0 Å². The minimum absolute atomic E-state index is 0.124. The summed E-state index contributed by atoms with van der Waals surface area (Å²) in [6.45, 7) is 7.87. The second-order valence-electron chi connectivity index (χ2n) is 7.81. The molecule has 8 heteroatoms. The van der Waals surface area contributed by atoms with Crippen molar-refractivity contribution in [3.8, 4) is 10.4 Å². The Balaban J connectivity index is 1.60. The standard InChI is InChI=1S/C23H25FN4O2S/c1-14-4-5-18(10-25-14)21-20(11-26-22(29)17-6-8-19(24)9-7-17)27-23(31-21)28-12-15(2)30-16(3)13-28/h4-10,15-16H,11-13H2,1-3H3,(H,26,29)/t15-,16+. The molecule has 1 aliphatic heterocycles. The number of amides is 1. The Labute approximate surface area is 185 Å². The maximum atomic E-state index is 13.1. The van der Waals surface area contributed by atoms with Crippen molar-refractivity contribution in [3.05, 3.63) is 65.4 Å². The minimum atomic E-state index is -0.371. The predicted molar refractivity (Wildman–Crippen MR) is 120 cm³/mol. The number of thiazole rings is 1. The molecule has 1 aliphatic rings. The number of hydrogen-bond acceptors (Lipinski definition) is 6. The number of aromatic nitrogens is 2. The van der Waals surface area contributed by atoms with Crippen molar-refractivity contribution in [2.24, 2.45) is 0 Å². The monoisotopic (exact) mass is 440 g/mol. The van der Waals surface area contributed by atoms with Crippen LogP contribution in [0.4, 0.5) is 9.52 Å². The molecular formula is C23H25FN4O2S. The maximum Gasteiger partial charge on any atom is 0.251 e. The normalized spacial score (nSPS) is 18.8. The Morgan fingerprint density at radius 1 is 1.19 bits per heavy atom. The molecule has 3 aromatic rings. The lowest BCUT2D eigenvalue weighted by molar-refractivity contribution is -0.00523. The average Bonchev–Trinajstić information content (AvgIpc) is 3.17. The molecule has 31 heavy (non-hydrogen) atoms. The summed E-state index contributed by atoms with van der Waals surface area (Å²) in [6.07, 6.45) is 2.08. The Kier molecular flexibility index (Phi) is 6.29. The lowest BCUT2D eigenvalue weighted by Gasteiger charge is -2.35. The number of nitrogens with one attached hydrogen (secondary N) is 1. The molecule has 6 nitrogen and oxygen atoms in total. The minimum Gasteiger partial charge on any atom is -0.372 e. The second-order valence-corrected chi connectivity index (χ2v) is 8.79. The van der Waals surface area contributed by atoms with Crippen molar-refractivity contribution in [3.63, 3.8) is 0 Å². The van der Waals surface area contributed by atoms with E-state index in [4.69, 9.17) is 9.72 Å². The summed E-state index contributed by atoms with van der Waals surface area (Å²) in [4.78, 5) is 25.0. The molecule has 2 atom stereocenters. The summed E-state index contributed by atoms with van der Waals surface area (Å²) < 4.78 is 19.0. The van der Waals surface area contributed by atoms with Gasteiger partial charge in [-0.25, -0.2) is 9.37 Å². The van der Waals surface area contributed by atoms with E-state index in [1.807, 2.05) is 25.3 Å². The molecule has 0 bridgehead atoms. The van der Waals surface area contributed by atoms with Crippen LogP contribution >= 0.6 is 11.3 Å². The highest BCUT2D eigenvalue weighted by Gasteiger charge is 2.26. The number of carbonyl (C=O) groups excluding carboxylic acids is 1. The van der Waals surface area contributed by atoms with E-state index in [1.165, 1.54) is 24.3 Å². The molecule has 3 heterocycles. The number of morpholine rings is 1.